The van der Waals surface area contributed by atoms with Crippen LogP contribution in [0.15, 0.2) is 12.3 Å². The van der Waals surface area contributed by atoms with E-state index in [9.17, 15) is 4.79 Å². The molecule has 0 unspecified atom stereocenters. The zero-order chi connectivity index (χ0) is 18.1. The van der Waals surface area contributed by atoms with Crippen molar-refractivity contribution in [3.05, 3.63) is 22.3 Å². The summed E-state index contributed by atoms with van der Waals surface area (Å²) in [6.07, 6.45) is 7.83. The largest absolute Gasteiger partial charge is 0.376 e. The molecule has 7 heteroatoms. The van der Waals surface area contributed by atoms with Crippen LogP contribution in [0, 0.1) is 5.41 Å². The van der Waals surface area contributed by atoms with Crippen LogP contribution < -0.4 is 4.90 Å². The number of hydrogen-bond acceptors (Lipinski definition) is 4. The molecule has 1 atom stereocenters. The molecule has 3 aliphatic rings. The highest BCUT2D eigenvalue weighted by Crippen LogP contribution is 2.42. The molecule has 1 aromatic heterocycles. The third-order valence-corrected chi connectivity index (χ3v) is 6.59. The number of likely N-dealkylation sites (tertiary alicyclic amines) is 1. The third kappa shape index (κ3) is 3.80. The summed E-state index contributed by atoms with van der Waals surface area (Å²) in [4.78, 5) is 21.1. The quantitative estimate of drug-likeness (QED) is 0.778. The van der Waals surface area contributed by atoms with Crippen molar-refractivity contribution < 1.29 is 9.53 Å². The molecule has 0 aliphatic carbocycles. The Kier molecular flexibility index (Phi) is 5.31. The Labute approximate surface area is 164 Å². The minimum absolute atomic E-state index is 0.224. The Balaban J connectivity index is 1.40. The van der Waals surface area contributed by atoms with Crippen molar-refractivity contribution in [2.45, 2.75) is 44.6 Å². The molecule has 4 rings (SSSR count). The highest BCUT2D eigenvalue weighted by molar-refractivity contribution is 6.36. The lowest BCUT2D eigenvalue weighted by Crippen LogP contribution is -2.53. The Morgan fingerprint density at radius 1 is 1.27 bits per heavy atom. The summed E-state index contributed by atoms with van der Waals surface area (Å²) in [6.45, 7) is 4.28. The Morgan fingerprint density at radius 3 is 2.77 bits per heavy atom. The molecule has 0 aromatic carbocycles. The van der Waals surface area contributed by atoms with Crippen molar-refractivity contribution in [1.29, 1.82) is 0 Å². The van der Waals surface area contributed by atoms with E-state index in [0.29, 0.717) is 16.5 Å². The van der Waals surface area contributed by atoms with E-state index in [1.165, 1.54) is 0 Å². The van der Waals surface area contributed by atoms with E-state index in [-0.39, 0.29) is 17.4 Å². The van der Waals surface area contributed by atoms with Crippen molar-refractivity contribution in [1.82, 2.24) is 9.88 Å². The van der Waals surface area contributed by atoms with Crippen LogP contribution in [0.2, 0.25) is 10.0 Å². The van der Waals surface area contributed by atoms with Gasteiger partial charge in [-0.25, -0.2) is 4.98 Å². The summed E-state index contributed by atoms with van der Waals surface area (Å²) < 4.78 is 5.74. The number of rotatable bonds is 3. The van der Waals surface area contributed by atoms with Gasteiger partial charge in [-0.3, -0.25) is 4.79 Å². The molecular formula is C19H25Cl2N3O2. The first-order valence-electron chi connectivity index (χ1n) is 9.50. The number of hydrogen-bond donors (Lipinski definition) is 0. The van der Waals surface area contributed by atoms with Gasteiger partial charge >= 0.3 is 0 Å². The molecule has 1 amide bonds. The maximum absolute atomic E-state index is 12.4. The zero-order valence-electron chi connectivity index (χ0n) is 14.9. The molecule has 3 saturated heterocycles. The third-order valence-electron chi connectivity index (χ3n) is 6.11. The van der Waals surface area contributed by atoms with Gasteiger partial charge in [-0.15, -0.1) is 0 Å². The molecule has 26 heavy (non-hydrogen) atoms. The van der Waals surface area contributed by atoms with Crippen molar-refractivity contribution in [3.8, 4) is 0 Å². The normalized spacial score (nSPS) is 25.9. The fourth-order valence-corrected chi connectivity index (χ4v) is 5.04. The number of piperidine rings is 2. The minimum atomic E-state index is 0.224. The number of ether oxygens (including phenoxy) is 1. The number of aromatic nitrogens is 1. The lowest BCUT2D eigenvalue weighted by molar-refractivity contribution is -0.140. The van der Waals surface area contributed by atoms with Crippen LogP contribution >= 0.6 is 23.2 Å². The predicted octanol–water partition coefficient (Wildman–Crippen LogP) is 3.78. The van der Waals surface area contributed by atoms with Gasteiger partial charge in [0.2, 0.25) is 5.91 Å². The van der Waals surface area contributed by atoms with E-state index < -0.39 is 0 Å². The van der Waals surface area contributed by atoms with Crippen LogP contribution in [0.5, 0.6) is 0 Å². The molecule has 3 fully saturated rings. The lowest BCUT2D eigenvalue weighted by atomic mass is 9.72. The van der Waals surface area contributed by atoms with E-state index in [0.717, 1.165) is 70.7 Å². The maximum atomic E-state index is 12.4. The monoisotopic (exact) mass is 397 g/mol. The summed E-state index contributed by atoms with van der Waals surface area (Å²) in [5.74, 6) is 1.10. The average Bonchev–Trinajstić information content (AvgIpc) is 3.13. The molecule has 0 radical (unpaired) electrons. The van der Waals surface area contributed by atoms with Gasteiger partial charge in [-0.2, -0.15) is 0 Å². The van der Waals surface area contributed by atoms with E-state index in [1.54, 1.807) is 12.3 Å². The van der Waals surface area contributed by atoms with Gasteiger partial charge in [0.05, 0.1) is 16.1 Å². The molecule has 0 N–H and O–H groups in total. The van der Waals surface area contributed by atoms with Gasteiger partial charge in [-0.05, 0) is 43.6 Å². The molecule has 0 bridgehead atoms. The molecule has 5 nitrogen and oxygen atoms in total. The minimum Gasteiger partial charge on any atom is -0.376 e. The second-order valence-electron chi connectivity index (χ2n) is 7.86. The van der Waals surface area contributed by atoms with E-state index in [2.05, 4.69) is 14.8 Å². The number of carbonyl (C=O) groups excluding carboxylic acids is 1. The van der Waals surface area contributed by atoms with Crippen LogP contribution in [-0.4, -0.2) is 54.7 Å². The Morgan fingerprint density at radius 2 is 2.08 bits per heavy atom. The van der Waals surface area contributed by atoms with E-state index >= 15 is 0 Å². The standard InChI is InChI=1S/C19H25Cl2N3O2/c20-14-10-16(21)18(22-11-14)23-7-5-19(6-8-23)4-3-17(25)24(13-19)12-15-2-1-9-26-15/h10-11,15H,1-9,12-13H2/t15-/m0/s1. The molecule has 142 valence electrons. The highest BCUT2D eigenvalue weighted by atomic mass is 35.5. The van der Waals surface area contributed by atoms with E-state index in [1.807, 2.05) is 0 Å². The van der Waals surface area contributed by atoms with Gasteiger partial charge in [-0.1, -0.05) is 23.2 Å². The molecule has 0 saturated carbocycles. The van der Waals surface area contributed by atoms with Gasteiger partial charge in [0.15, 0.2) is 0 Å². The second-order valence-corrected chi connectivity index (χ2v) is 8.70. The second kappa shape index (κ2) is 7.53. The summed E-state index contributed by atoms with van der Waals surface area (Å²) in [7, 11) is 0. The highest BCUT2D eigenvalue weighted by Gasteiger charge is 2.42. The van der Waals surface area contributed by atoms with Gasteiger partial charge < -0.3 is 14.5 Å². The van der Waals surface area contributed by atoms with Crippen LogP contribution in [0.3, 0.4) is 0 Å². The molecule has 1 aromatic rings. The first-order valence-corrected chi connectivity index (χ1v) is 10.3. The first-order chi connectivity index (χ1) is 12.5. The lowest BCUT2D eigenvalue weighted by Gasteiger charge is -2.48. The number of amides is 1. The van der Waals surface area contributed by atoms with Crippen LogP contribution in [0.25, 0.3) is 0 Å². The number of pyridine rings is 1. The molecule has 4 heterocycles. The number of halogens is 2. The van der Waals surface area contributed by atoms with Gasteiger partial charge in [0, 0.05) is 45.4 Å². The van der Waals surface area contributed by atoms with E-state index in [4.69, 9.17) is 27.9 Å². The molecular weight excluding hydrogens is 373 g/mol. The van der Waals surface area contributed by atoms with Gasteiger partial charge in [0.1, 0.15) is 5.82 Å². The zero-order valence-corrected chi connectivity index (χ0v) is 16.4. The number of carbonyl (C=O) groups is 1. The molecule has 3 aliphatic heterocycles. The fourth-order valence-electron chi connectivity index (χ4n) is 4.54. The van der Waals surface area contributed by atoms with Crippen LogP contribution in [0.1, 0.15) is 38.5 Å². The smallest absolute Gasteiger partial charge is 0.222 e. The van der Waals surface area contributed by atoms with Crippen molar-refractivity contribution in [2.24, 2.45) is 5.41 Å². The summed E-state index contributed by atoms with van der Waals surface area (Å²) >= 11 is 12.3. The van der Waals surface area contributed by atoms with Gasteiger partial charge in [0.25, 0.3) is 0 Å². The number of anilines is 1. The fraction of sp³-hybridized carbons (Fsp3) is 0.684. The predicted molar refractivity (Wildman–Crippen MR) is 103 cm³/mol. The van der Waals surface area contributed by atoms with Crippen molar-refractivity contribution in [3.63, 3.8) is 0 Å². The first kappa shape index (κ1) is 18.3. The topological polar surface area (TPSA) is 45.7 Å². The van der Waals surface area contributed by atoms with Crippen molar-refractivity contribution in [2.75, 3.05) is 37.7 Å². The summed E-state index contributed by atoms with van der Waals surface area (Å²) in [5.41, 5.74) is 0.224. The van der Waals surface area contributed by atoms with Crippen molar-refractivity contribution >= 4 is 34.9 Å². The average molecular weight is 398 g/mol. The number of nitrogens with zero attached hydrogens (tertiary/aromatic N) is 3. The summed E-state index contributed by atoms with van der Waals surface area (Å²) in [6, 6.07) is 1.75. The SMILES string of the molecule is O=C1CCC2(CCN(c3ncc(Cl)cc3Cl)CC2)CN1C[C@@H]1CCCO1. The van der Waals surface area contributed by atoms with Crippen LogP contribution in [0.4, 0.5) is 5.82 Å². The molecule has 1 spiro atoms. The van der Waals surface area contributed by atoms with Crippen LogP contribution in [-0.2, 0) is 9.53 Å². The maximum Gasteiger partial charge on any atom is 0.222 e. The Bertz CT molecular complexity index is 671. The Hall–Kier alpha value is -1.04. The summed E-state index contributed by atoms with van der Waals surface area (Å²) in [5, 5.41) is 1.16.